The summed E-state index contributed by atoms with van der Waals surface area (Å²) < 4.78 is 3.21. The molecule has 5 nitrogen and oxygen atoms in total. The predicted octanol–water partition coefficient (Wildman–Crippen LogP) is 2.08. The van der Waals surface area contributed by atoms with Gasteiger partial charge in [-0.2, -0.15) is 0 Å². The Morgan fingerprint density at radius 1 is 1.00 bits per heavy atom. The van der Waals surface area contributed by atoms with Gasteiger partial charge in [-0.05, 0) is 29.8 Å². The maximum atomic E-state index is 12.5. The Kier molecular flexibility index (Phi) is 3.78. The Labute approximate surface area is 134 Å². The largest absolute Gasteiger partial charge is 0.328 e. The third-order valence-electron chi connectivity index (χ3n) is 4.21. The summed E-state index contributed by atoms with van der Waals surface area (Å²) in [6, 6.07) is 15.2. The number of carbonyl (C=O) groups is 1. The highest BCUT2D eigenvalue weighted by molar-refractivity contribution is 5.94. The second-order valence-electron chi connectivity index (χ2n) is 5.69. The first-order valence-corrected chi connectivity index (χ1v) is 7.45. The Bertz CT molecular complexity index is 923. The quantitative estimate of drug-likeness (QED) is 0.744. The summed E-state index contributed by atoms with van der Waals surface area (Å²) in [5, 5.41) is 0. The van der Waals surface area contributed by atoms with E-state index in [9.17, 15) is 9.59 Å². The van der Waals surface area contributed by atoms with Gasteiger partial charge in [0, 0.05) is 26.8 Å². The zero-order valence-electron chi connectivity index (χ0n) is 13.5. The first kappa shape index (κ1) is 15.1. The van der Waals surface area contributed by atoms with Crippen LogP contribution in [0.25, 0.3) is 11.0 Å². The number of likely N-dealkylation sites (N-methyl/N-ethyl adjacent to an activating group) is 1. The van der Waals surface area contributed by atoms with Crippen LogP contribution < -0.4 is 10.6 Å². The first-order valence-electron chi connectivity index (χ1n) is 7.45. The number of imidazole rings is 1. The lowest BCUT2D eigenvalue weighted by Crippen LogP contribution is -2.27. The van der Waals surface area contributed by atoms with Gasteiger partial charge < -0.3 is 4.90 Å². The van der Waals surface area contributed by atoms with E-state index < -0.39 is 0 Å². The van der Waals surface area contributed by atoms with Crippen LogP contribution in [0.2, 0.25) is 0 Å². The topological polar surface area (TPSA) is 47.2 Å². The molecule has 0 radical (unpaired) electrons. The number of rotatable bonds is 3. The van der Waals surface area contributed by atoms with Gasteiger partial charge >= 0.3 is 5.69 Å². The predicted molar refractivity (Wildman–Crippen MR) is 91.7 cm³/mol. The maximum Gasteiger partial charge on any atom is 0.328 e. The fraction of sp³-hybridized carbons (Fsp3) is 0.222. The monoisotopic (exact) mass is 309 g/mol. The van der Waals surface area contributed by atoms with Gasteiger partial charge in [0.15, 0.2) is 0 Å². The van der Waals surface area contributed by atoms with Crippen LogP contribution in [0.15, 0.2) is 53.3 Å². The number of para-hydroxylation sites is 1. The van der Waals surface area contributed by atoms with E-state index in [4.69, 9.17) is 0 Å². The standard InChI is InChI=1S/C18H19N3O2/c1-19(14-7-5-4-6-8-14)17(22)12-13-9-10-15-16(11-13)21(3)18(23)20(15)2/h4-11H,12H2,1-3H3. The number of benzene rings is 2. The van der Waals surface area contributed by atoms with Gasteiger partial charge in [0.05, 0.1) is 17.5 Å². The van der Waals surface area contributed by atoms with Crippen molar-refractivity contribution < 1.29 is 4.79 Å². The van der Waals surface area contributed by atoms with Gasteiger partial charge in [0.2, 0.25) is 5.91 Å². The molecule has 0 aliphatic rings. The average Bonchev–Trinajstić information content (AvgIpc) is 2.79. The summed E-state index contributed by atoms with van der Waals surface area (Å²) in [6.07, 6.45) is 0.296. The van der Waals surface area contributed by atoms with Crippen LogP contribution >= 0.6 is 0 Å². The lowest BCUT2D eigenvalue weighted by Gasteiger charge is -2.17. The number of hydrogen-bond donors (Lipinski definition) is 0. The van der Waals surface area contributed by atoms with Crippen LogP contribution in [0.1, 0.15) is 5.56 Å². The molecule has 0 aliphatic carbocycles. The highest BCUT2D eigenvalue weighted by Gasteiger charge is 2.13. The number of amides is 1. The summed E-state index contributed by atoms with van der Waals surface area (Å²) in [7, 11) is 5.26. The number of fused-ring (bicyclic) bond motifs is 1. The molecule has 0 unspecified atom stereocenters. The molecule has 0 saturated heterocycles. The second-order valence-corrected chi connectivity index (χ2v) is 5.69. The highest BCUT2D eigenvalue weighted by Crippen LogP contribution is 2.17. The molecule has 2 aromatic carbocycles. The SMILES string of the molecule is CN(C(=O)Cc1ccc2c(c1)n(C)c(=O)n2C)c1ccccc1. The van der Waals surface area contributed by atoms with E-state index in [1.807, 2.05) is 48.5 Å². The minimum Gasteiger partial charge on any atom is -0.315 e. The molecule has 0 N–H and O–H groups in total. The normalized spacial score (nSPS) is 10.9. The minimum atomic E-state index is -0.0649. The molecule has 0 aliphatic heterocycles. The number of anilines is 1. The summed E-state index contributed by atoms with van der Waals surface area (Å²) in [6.45, 7) is 0. The van der Waals surface area contributed by atoms with Crippen LogP contribution in [0, 0.1) is 0 Å². The Morgan fingerprint density at radius 3 is 2.35 bits per heavy atom. The molecule has 118 valence electrons. The highest BCUT2D eigenvalue weighted by atomic mass is 16.2. The van der Waals surface area contributed by atoms with Crippen LogP contribution in [0.3, 0.4) is 0 Å². The lowest BCUT2D eigenvalue weighted by molar-refractivity contribution is -0.117. The molecule has 0 spiro atoms. The van der Waals surface area contributed by atoms with E-state index in [0.29, 0.717) is 6.42 Å². The smallest absolute Gasteiger partial charge is 0.315 e. The number of aryl methyl sites for hydroxylation is 2. The molecular formula is C18H19N3O2. The van der Waals surface area contributed by atoms with Crippen LogP contribution in [0.4, 0.5) is 5.69 Å². The lowest BCUT2D eigenvalue weighted by atomic mass is 10.1. The van der Waals surface area contributed by atoms with Crippen molar-refractivity contribution >= 4 is 22.6 Å². The summed E-state index contributed by atoms with van der Waals surface area (Å²) in [5.74, 6) is 0.0106. The van der Waals surface area contributed by atoms with Crippen molar-refractivity contribution in [3.05, 3.63) is 64.6 Å². The molecule has 0 bridgehead atoms. The Balaban J connectivity index is 1.88. The maximum absolute atomic E-state index is 12.5. The molecule has 3 aromatic rings. The minimum absolute atomic E-state index is 0.0106. The zero-order chi connectivity index (χ0) is 16.6. The van der Waals surface area contributed by atoms with Crippen molar-refractivity contribution in [3.63, 3.8) is 0 Å². The van der Waals surface area contributed by atoms with E-state index >= 15 is 0 Å². The molecule has 1 heterocycles. The Morgan fingerprint density at radius 2 is 1.65 bits per heavy atom. The molecule has 5 heteroatoms. The van der Waals surface area contributed by atoms with E-state index in [0.717, 1.165) is 22.3 Å². The third kappa shape index (κ3) is 2.65. The second kappa shape index (κ2) is 5.76. The van der Waals surface area contributed by atoms with Crippen molar-refractivity contribution in [1.29, 1.82) is 0 Å². The van der Waals surface area contributed by atoms with Crippen LogP contribution in [0.5, 0.6) is 0 Å². The molecular weight excluding hydrogens is 290 g/mol. The van der Waals surface area contributed by atoms with Gasteiger partial charge in [0.1, 0.15) is 0 Å². The summed E-state index contributed by atoms with van der Waals surface area (Å²) >= 11 is 0. The average molecular weight is 309 g/mol. The van der Waals surface area contributed by atoms with E-state index in [2.05, 4.69) is 0 Å². The van der Waals surface area contributed by atoms with Gasteiger partial charge in [0.25, 0.3) is 0 Å². The number of hydrogen-bond acceptors (Lipinski definition) is 2. The van der Waals surface area contributed by atoms with E-state index in [1.165, 1.54) is 0 Å². The van der Waals surface area contributed by atoms with Gasteiger partial charge in [-0.3, -0.25) is 13.9 Å². The molecule has 1 aromatic heterocycles. The van der Waals surface area contributed by atoms with Crippen molar-refractivity contribution in [1.82, 2.24) is 9.13 Å². The molecule has 0 fully saturated rings. The van der Waals surface area contributed by atoms with Crippen molar-refractivity contribution in [2.75, 3.05) is 11.9 Å². The fourth-order valence-electron chi connectivity index (χ4n) is 2.75. The molecule has 23 heavy (non-hydrogen) atoms. The van der Waals surface area contributed by atoms with Crippen LogP contribution in [-0.2, 0) is 25.3 Å². The fourth-order valence-corrected chi connectivity index (χ4v) is 2.75. The van der Waals surface area contributed by atoms with Crippen molar-refractivity contribution in [2.45, 2.75) is 6.42 Å². The first-order chi connectivity index (χ1) is 11.0. The number of nitrogens with zero attached hydrogens (tertiary/aromatic N) is 3. The molecule has 1 amide bonds. The molecule has 3 rings (SSSR count). The zero-order valence-corrected chi connectivity index (χ0v) is 13.5. The molecule has 0 saturated carbocycles. The van der Waals surface area contributed by atoms with E-state index in [1.54, 1.807) is 35.2 Å². The van der Waals surface area contributed by atoms with Crippen LogP contribution in [-0.4, -0.2) is 22.1 Å². The van der Waals surface area contributed by atoms with Crippen molar-refractivity contribution in [2.24, 2.45) is 14.1 Å². The van der Waals surface area contributed by atoms with Crippen molar-refractivity contribution in [3.8, 4) is 0 Å². The van der Waals surface area contributed by atoms with Gasteiger partial charge in [-0.25, -0.2) is 4.79 Å². The van der Waals surface area contributed by atoms with Gasteiger partial charge in [-0.15, -0.1) is 0 Å². The molecule has 0 atom stereocenters. The number of aromatic nitrogens is 2. The Hall–Kier alpha value is -2.82. The summed E-state index contributed by atoms with van der Waals surface area (Å²) in [5.41, 5.74) is 3.40. The number of carbonyl (C=O) groups excluding carboxylic acids is 1. The third-order valence-corrected chi connectivity index (χ3v) is 4.21. The van der Waals surface area contributed by atoms with E-state index in [-0.39, 0.29) is 11.6 Å². The van der Waals surface area contributed by atoms with Gasteiger partial charge in [-0.1, -0.05) is 24.3 Å². The summed E-state index contributed by atoms with van der Waals surface area (Å²) in [4.78, 5) is 26.1.